The summed E-state index contributed by atoms with van der Waals surface area (Å²) >= 11 is 5.98. The van der Waals surface area contributed by atoms with Crippen LogP contribution < -0.4 is 14.8 Å². The summed E-state index contributed by atoms with van der Waals surface area (Å²) in [4.78, 5) is 12.1. The number of hydrogen-bond acceptors (Lipinski definition) is 3. The van der Waals surface area contributed by atoms with Gasteiger partial charge in [-0.3, -0.25) is 4.79 Å². The van der Waals surface area contributed by atoms with Crippen LogP contribution in [0.5, 0.6) is 11.5 Å². The van der Waals surface area contributed by atoms with E-state index in [-0.39, 0.29) is 17.1 Å². The molecule has 0 spiro atoms. The molecule has 0 saturated carbocycles. The molecule has 1 amide bonds. The van der Waals surface area contributed by atoms with Crippen LogP contribution in [0, 0.1) is 0 Å². The van der Waals surface area contributed by atoms with E-state index >= 15 is 0 Å². The fourth-order valence-corrected chi connectivity index (χ4v) is 3.35. The van der Waals surface area contributed by atoms with Crippen molar-refractivity contribution < 1.29 is 14.3 Å². The molecule has 2 aromatic rings. The Balaban J connectivity index is 1.91. The zero-order valence-electron chi connectivity index (χ0n) is 21.5. The number of halogens is 1. The number of carbonyl (C=O) groups is 1. The van der Waals surface area contributed by atoms with Crippen molar-refractivity contribution in [1.29, 1.82) is 0 Å². The monoisotopic (exact) mass is 485 g/mol. The van der Waals surface area contributed by atoms with Crippen LogP contribution in [0.15, 0.2) is 48.5 Å². The van der Waals surface area contributed by atoms with Gasteiger partial charge in [-0.15, -0.1) is 0 Å². The number of rotatable bonds is 13. The first kappa shape index (κ1) is 27.8. The highest BCUT2D eigenvalue weighted by molar-refractivity contribution is 6.30. The van der Waals surface area contributed by atoms with Crippen LogP contribution in [0.2, 0.25) is 5.02 Å². The molecule has 4 nitrogen and oxygen atoms in total. The van der Waals surface area contributed by atoms with Crippen molar-refractivity contribution in [3.8, 4) is 11.5 Å². The molecule has 0 bridgehead atoms. The SMILES string of the molecule is CCC(C)(C)Oc1ccc(CCCCNC(=O)/C=C/c2cccc(Cl)c2)c(OC(C)(C)CC)c1. The van der Waals surface area contributed by atoms with Gasteiger partial charge in [0.2, 0.25) is 5.91 Å². The third-order valence-electron chi connectivity index (χ3n) is 5.97. The minimum Gasteiger partial charge on any atom is -0.488 e. The maximum absolute atomic E-state index is 12.1. The van der Waals surface area contributed by atoms with E-state index in [1.807, 2.05) is 36.4 Å². The van der Waals surface area contributed by atoms with Crippen LogP contribution in [0.1, 0.15) is 78.4 Å². The van der Waals surface area contributed by atoms with Crippen LogP contribution in [-0.4, -0.2) is 23.7 Å². The van der Waals surface area contributed by atoms with Gasteiger partial charge in [-0.05, 0) is 95.2 Å². The quantitative estimate of drug-likeness (QED) is 0.234. The van der Waals surface area contributed by atoms with E-state index in [1.54, 1.807) is 12.2 Å². The fraction of sp³-hybridized carbons (Fsp3) is 0.483. The van der Waals surface area contributed by atoms with Gasteiger partial charge >= 0.3 is 0 Å². The van der Waals surface area contributed by atoms with Gasteiger partial charge < -0.3 is 14.8 Å². The number of ether oxygens (including phenoxy) is 2. The molecule has 5 heteroatoms. The van der Waals surface area contributed by atoms with Gasteiger partial charge in [0.15, 0.2) is 0 Å². The highest BCUT2D eigenvalue weighted by Gasteiger charge is 2.21. The summed E-state index contributed by atoms with van der Waals surface area (Å²) in [6.07, 6.45) is 7.85. The van der Waals surface area contributed by atoms with Gasteiger partial charge in [0.1, 0.15) is 22.7 Å². The molecule has 0 aromatic heterocycles. The molecular weight excluding hydrogens is 446 g/mol. The van der Waals surface area contributed by atoms with Gasteiger partial charge in [0.25, 0.3) is 0 Å². The standard InChI is InChI=1S/C29H40ClNO3/c1-7-28(3,4)33-25-17-16-23(26(21-25)34-29(5,6)8-2)13-9-10-19-31-27(32)18-15-22-12-11-14-24(30)20-22/h11-12,14-18,20-21H,7-10,13,19H2,1-6H3,(H,31,32)/b18-15+. The number of carbonyl (C=O) groups excluding carboxylic acids is 1. The van der Waals surface area contributed by atoms with Crippen LogP contribution in [0.4, 0.5) is 0 Å². The lowest BCUT2D eigenvalue weighted by Gasteiger charge is -2.29. The predicted molar refractivity (Wildman–Crippen MR) is 143 cm³/mol. The van der Waals surface area contributed by atoms with Crippen molar-refractivity contribution in [3.05, 3.63) is 64.7 Å². The minimum atomic E-state index is -0.253. The van der Waals surface area contributed by atoms with Gasteiger partial charge in [-0.2, -0.15) is 0 Å². The number of benzene rings is 2. The summed E-state index contributed by atoms with van der Waals surface area (Å²) < 4.78 is 12.6. The lowest BCUT2D eigenvalue weighted by molar-refractivity contribution is -0.116. The van der Waals surface area contributed by atoms with Gasteiger partial charge in [0.05, 0.1) is 0 Å². The Hall–Kier alpha value is -2.46. The zero-order valence-corrected chi connectivity index (χ0v) is 22.3. The summed E-state index contributed by atoms with van der Waals surface area (Å²) in [6, 6.07) is 13.6. The molecule has 0 heterocycles. The molecule has 0 aliphatic heterocycles. The Morgan fingerprint density at radius 3 is 2.35 bits per heavy atom. The summed E-state index contributed by atoms with van der Waals surface area (Å²) in [7, 11) is 0. The molecule has 0 atom stereocenters. The third-order valence-corrected chi connectivity index (χ3v) is 6.20. The lowest BCUT2D eigenvalue weighted by Crippen LogP contribution is -2.28. The summed E-state index contributed by atoms with van der Waals surface area (Å²) in [5.74, 6) is 1.61. The van der Waals surface area contributed by atoms with Gasteiger partial charge in [-0.1, -0.05) is 43.6 Å². The predicted octanol–water partition coefficient (Wildman–Crippen LogP) is 7.63. The summed E-state index contributed by atoms with van der Waals surface area (Å²) in [5, 5.41) is 3.60. The summed E-state index contributed by atoms with van der Waals surface area (Å²) in [6.45, 7) is 13.3. The maximum atomic E-state index is 12.1. The van der Waals surface area contributed by atoms with Crippen LogP contribution in [-0.2, 0) is 11.2 Å². The number of unbranched alkanes of at least 4 members (excludes halogenated alkanes) is 1. The second kappa shape index (κ2) is 12.9. The van der Waals surface area contributed by atoms with Gasteiger partial charge in [0, 0.05) is 23.7 Å². The third kappa shape index (κ3) is 9.80. The first-order valence-corrected chi connectivity index (χ1v) is 12.6. The van der Waals surface area contributed by atoms with E-state index in [0.29, 0.717) is 11.6 Å². The van der Waals surface area contributed by atoms with E-state index in [1.165, 1.54) is 0 Å². The first-order chi connectivity index (χ1) is 16.0. The highest BCUT2D eigenvalue weighted by Crippen LogP contribution is 2.32. The highest BCUT2D eigenvalue weighted by atomic mass is 35.5. The van der Waals surface area contributed by atoms with Crippen LogP contribution in [0.3, 0.4) is 0 Å². The number of amides is 1. The maximum Gasteiger partial charge on any atom is 0.243 e. The van der Waals surface area contributed by atoms with Crippen LogP contribution in [0.25, 0.3) is 6.08 Å². The molecule has 0 saturated heterocycles. The molecular formula is C29H40ClNO3. The number of aryl methyl sites for hydroxylation is 1. The Labute approximate surface area is 210 Å². The molecule has 186 valence electrons. The minimum absolute atomic E-state index is 0.103. The lowest BCUT2D eigenvalue weighted by atomic mass is 10.0. The van der Waals surface area contributed by atoms with E-state index < -0.39 is 0 Å². The number of hydrogen-bond donors (Lipinski definition) is 1. The number of nitrogens with one attached hydrogen (secondary N) is 1. The molecule has 0 aliphatic carbocycles. The van der Waals surface area contributed by atoms with Crippen molar-refractivity contribution in [3.63, 3.8) is 0 Å². The molecule has 34 heavy (non-hydrogen) atoms. The van der Waals surface area contributed by atoms with Crippen molar-refractivity contribution in [2.75, 3.05) is 6.54 Å². The second-order valence-corrected chi connectivity index (χ2v) is 10.3. The Morgan fingerprint density at radius 1 is 0.971 bits per heavy atom. The Bertz CT molecular complexity index is 966. The Kier molecular flexibility index (Phi) is 10.5. The summed E-state index contributed by atoms with van der Waals surface area (Å²) in [5.41, 5.74) is 1.59. The van der Waals surface area contributed by atoms with E-state index in [0.717, 1.165) is 54.7 Å². The molecule has 1 N–H and O–H groups in total. The van der Waals surface area contributed by atoms with Crippen molar-refractivity contribution in [2.24, 2.45) is 0 Å². The van der Waals surface area contributed by atoms with E-state index in [2.05, 4.69) is 52.9 Å². The van der Waals surface area contributed by atoms with Crippen LogP contribution >= 0.6 is 11.6 Å². The normalized spacial score (nSPS) is 12.1. The second-order valence-electron chi connectivity index (χ2n) is 9.84. The molecule has 0 fully saturated rings. The largest absolute Gasteiger partial charge is 0.488 e. The molecule has 2 aromatic carbocycles. The smallest absolute Gasteiger partial charge is 0.243 e. The van der Waals surface area contributed by atoms with E-state index in [9.17, 15) is 4.79 Å². The van der Waals surface area contributed by atoms with Crippen molar-refractivity contribution >= 4 is 23.6 Å². The van der Waals surface area contributed by atoms with Crippen molar-refractivity contribution in [2.45, 2.75) is 84.8 Å². The first-order valence-electron chi connectivity index (χ1n) is 12.3. The van der Waals surface area contributed by atoms with E-state index in [4.69, 9.17) is 21.1 Å². The fourth-order valence-electron chi connectivity index (χ4n) is 3.15. The van der Waals surface area contributed by atoms with Crippen molar-refractivity contribution in [1.82, 2.24) is 5.32 Å². The average molecular weight is 486 g/mol. The Morgan fingerprint density at radius 2 is 1.68 bits per heavy atom. The zero-order chi connectivity index (χ0) is 25.2. The molecule has 0 radical (unpaired) electrons. The van der Waals surface area contributed by atoms with Gasteiger partial charge in [-0.25, -0.2) is 0 Å². The average Bonchev–Trinajstić information content (AvgIpc) is 2.78. The molecule has 0 unspecified atom stereocenters. The molecule has 2 rings (SSSR count). The molecule has 0 aliphatic rings. The topological polar surface area (TPSA) is 47.6 Å².